The van der Waals surface area contributed by atoms with Crippen molar-refractivity contribution >= 4 is 27.9 Å². The molecule has 0 bridgehead atoms. The van der Waals surface area contributed by atoms with Crippen LogP contribution < -0.4 is 20.1 Å². The van der Waals surface area contributed by atoms with E-state index < -0.39 is 12.0 Å². The number of hydrogen-bond donors (Lipinski definition) is 2. The van der Waals surface area contributed by atoms with E-state index in [-0.39, 0.29) is 18.6 Å². The van der Waals surface area contributed by atoms with Gasteiger partial charge in [0.05, 0.1) is 36.9 Å². The molecule has 0 aromatic heterocycles. The SMILES string of the molecule is CCOC(=O)C1=C(C(C)C)NC(=O)NC1c1ccc(OC)c(OC)c1Br. The summed E-state index contributed by atoms with van der Waals surface area (Å²) in [5.41, 5.74) is 1.58. The van der Waals surface area contributed by atoms with E-state index in [1.54, 1.807) is 19.1 Å². The van der Waals surface area contributed by atoms with Crippen LogP contribution in [0.4, 0.5) is 4.79 Å². The third kappa shape index (κ3) is 3.80. The van der Waals surface area contributed by atoms with Crippen LogP contribution in [0.25, 0.3) is 0 Å². The number of hydrogen-bond acceptors (Lipinski definition) is 5. The Morgan fingerprint density at radius 1 is 1.27 bits per heavy atom. The number of methoxy groups -OCH3 is 2. The van der Waals surface area contributed by atoms with Crippen LogP contribution in [0.2, 0.25) is 0 Å². The summed E-state index contributed by atoms with van der Waals surface area (Å²) >= 11 is 3.51. The van der Waals surface area contributed by atoms with Crippen LogP contribution in [0, 0.1) is 5.92 Å². The molecule has 1 aliphatic rings. The predicted molar refractivity (Wildman–Crippen MR) is 100 cm³/mol. The van der Waals surface area contributed by atoms with Crippen LogP contribution in [-0.2, 0) is 9.53 Å². The Kier molecular flexibility index (Phi) is 6.52. The number of halogens is 1. The zero-order valence-corrected chi connectivity index (χ0v) is 17.0. The highest BCUT2D eigenvalue weighted by Gasteiger charge is 2.36. The van der Waals surface area contributed by atoms with Gasteiger partial charge in [-0.25, -0.2) is 9.59 Å². The number of ether oxygens (including phenoxy) is 3. The smallest absolute Gasteiger partial charge is 0.338 e. The average molecular weight is 427 g/mol. The van der Waals surface area contributed by atoms with Crippen molar-refractivity contribution in [2.45, 2.75) is 26.8 Å². The molecule has 26 heavy (non-hydrogen) atoms. The van der Waals surface area contributed by atoms with E-state index in [0.29, 0.717) is 32.8 Å². The van der Waals surface area contributed by atoms with Crippen LogP contribution in [0.3, 0.4) is 0 Å². The van der Waals surface area contributed by atoms with Crippen molar-refractivity contribution in [2.75, 3.05) is 20.8 Å². The highest BCUT2D eigenvalue weighted by atomic mass is 79.9. The normalized spacial score (nSPS) is 16.9. The summed E-state index contributed by atoms with van der Waals surface area (Å²) in [7, 11) is 3.06. The first-order valence-corrected chi connectivity index (χ1v) is 9.03. The molecule has 2 amide bonds. The second-order valence-electron chi connectivity index (χ2n) is 5.94. The van der Waals surface area contributed by atoms with Crippen molar-refractivity contribution in [1.82, 2.24) is 10.6 Å². The minimum atomic E-state index is -0.686. The number of esters is 1. The van der Waals surface area contributed by atoms with Gasteiger partial charge in [-0.05, 0) is 40.4 Å². The van der Waals surface area contributed by atoms with E-state index in [4.69, 9.17) is 14.2 Å². The minimum Gasteiger partial charge on any atom is -0.493 e. The van der Waals surface area contributed by atoms with Gasteiger partial charge in [-0.2, -0.15) is 0 Å². The first-order chi connectivity index (χ1) is 12.3. The Bertz CT molecular complexity index is 745. The lowest BCUT2D eigenvalue weighted by Crippen LogP contribution is -2.47. The summed E-state index contributed by atoms with van der Waals surface area (Å²) in [5, 5.41) is 5.53. The van der Waals surface area contributed by atoms with Crippen LogP contribution in [0.5, 0.6) is 11.5 Å². The third-order valence-electron chi connectivity index (χ3n) is 4.00. The first kappa shape index (κ1) is 20.1. The quantitative estimate of drug-likeness (QED) is 0.681. The fraction of sp³-hybridized carbons (Fsp3) is 0.444. The highest BCUT2D eigenvalue weighted by Crippen LogP contribution is 2.42. The monoisotopic (exact) mass is 426 g/mol. The Labute approximate surface area is 161 Å². The lowest BCUT2D eigenvalue weighted by Gasteiger charge is -2.31. The third-order valence-corrected chi connectivity index (χ3v) is 4.82. The number of benzene rings is 1. The molecule has 1 heterocycles. The molecule has 8 heteroatoms. The number of carbonyl (C=O) groups excluding carboxylic acids is 2. The van der Waals surface area contributed by atoms with Gasteiger partial charge in [0.1, 0.15) is 0 Å². The Morgan fingerprint density at radius 2 is 1.96 bits per heavy atom. The highest BCUT2D eigenvalue weighted by molar-refractivity contribution is 9.10. The molecular formula is C18H23BrN2O5. The van der Waals surface area contributed by atoms with Gasteiger partial charge >= 0.3 is 12.0 Å². The zero-order chi connectivity index (χ0) is 19.4. The molecule has 0 radical (unpaired) electrons. The van der Waals surface area contributed by atoms with E-state index in [0.717, 1.165) is 0 Å². The molecule has 1 aromatic carbocycles. The maximum atomic E-state index is 12.6. The number of urea groups is 1. The Hall–Kier alpha value is -2.22. The average Bonchev–Trinajstić information content (AvgIpc) is 2.60. The van der Waals surface area contributed by atoms with E-state index in [2.05, 4.69) is 26.6 Å². The van der Waals surface area contributed by atoms with Crippen molar-refractivity contribution in [1.29, 1.82) is 0 Å². The van der Waals surface area contributed by atoms with Gasteiger partial charge in [-0.15, -0.1) is 0 Å². The molecule has 0 saturated carbocycles. The maximum absolute atomic E-state index is 12.6. The van der Waals surface area contributed by atoms with Crippen LogP contribution >= 0.6 is 15.9 Å². The summed E-state index contributed by atoms with van der Waals surface area (Å²) in [5.74, 6) is 0.471. The summed E-state index contributed by atoms with van der Waals surface area (Å²) < 4.78 is 16.5. The molecule has 0 aliphatic carbocycles. The topological polar surface area (TPSA) is 85.9 Å². The molecule has 0 saturated heterocycles. The largest absolute Gasteiger partial charge is 0.493 e. The summed E-state index contributed by atoms with van der Waals surface area (Å²) in [6.45, 7) is 5.78. The molecule has 2 N–H and O–H groups in total. The molecule has 1 aliphatic heterocycles. The van der Waals surface area contributed by atoms with Gasteiger partial charge in [-0.3, -0.25) is 0 Å². The van der Waals surface area contributed by atoms with Gasteiger partial charge in [0.15, 0.2) is 11.5 Å². The van der Waals surface area contributed by atoms with E-state index in [9.17, 15) is 9.59 Å². The second kappa shape index (κ2) is 8.44. The number of rotatable bonds is 6. The fourth-order valence-electron chi connectivity index (χ4n) is 2.84. The minimum absolute atomic E-state index is 0.0677. The van der Waals surface area contributed by atoms with Crippen molar-refractivity contribution in [3.63, 3.8) is 0 Å². The standard InChI is InChI=1S/C18H23BrN2O5/c1-6-26-17(22)12-14(9(2)3)20-18(23)21-15(12)10-7-8-11(24-4)16(25-5)13(10)19/h7-9,15H,6H2,1-5H3,(H2,20,21,23). The summed E-state index contributed by atoms with van der Waals surface area (Å²) in [6, 6.07) is 2.44. The van der Waals surface area contributed by atoms with Crippen molar-refractivity contribution in [2.24, 2.45) is 5.92 Å². The molecule has 1 unspecified atom stereocenters. The number of nitrogens with one attached hydrogen (secondary N) is 2. The van der Waals surface area contributed by atoms with Gasteiger partial charge in [-0.1, -0.05) is 19.9 Å². The molecule has 1 atom stereocenters. The van der Waals surface area contributed by atoms with Crippen LogP contribution in [-0.4, -0.2) is 32.8 Å². The predicted octanol–water partition coefficient (Wildman–Crippen LogP) is 3.29. The number of carbonyl (C=O) groups is 2. The lowest BCUT2D eigenvalue weighted by atomic mass is 9.91. The fourth-order valence-corrected chi connectivity index (χ4v) is 3.56. The molecule has 0 fully saturated rings. The van der Waals surface area contributed by atoms with E-state index >= 15 is 0 Å². The van der Waals surface area contributed by atoms with Gasteiger partial charge in [0.25, 0.3) is 0 Å². The first-order valence-electron chi connectivity index (χ1n) is 8.24. The number of allylic oxidation sites excluding steroid dienone is 1. The van der Waals surface area contributed by atoms with Gasteiger partial charge in [0.2, 0.25) is 0 Å². The molecule has 1 aromatic rings. The van der Waals surface area contributed by atoms with Crippen molar-refractivity contribution in [3.05, 3.63) is 33.4 Å². The van der Waals surface area contributed by atoms with E-state index in [1.807, 2.05) is 13.8 Å². The van der Waals surface area contributed by atoms with Gasteiger partial charge in [0, 0.05) is 5.70 Å². The van der Waals surface area contributed by atoms with Crippen LogP contribution in [0.15, 0.2) is 27.9 Å². The molecule has 0 spiro atoms. The number of amides is 2. The van der Waals surface area contributed by atoms with Gasteiger partial charge < -0.3 is 24.8 Å². The van der Waals surface area contributed by atoms with Crippen LogP contribution in [0.1, 0.15) is 32.4 Å². The summed E-state index contributed by atoms with van der Waals surface area (Å²) in [4.78, 5) is 24.8. The summed E-state index contributed by atoms with van der Waals surface area (Å²) in [6.07, 6.45) is 0. The molecule has 7 nitrogen and oxygen atoms in total. The van der Waals surface area contributed by atoms with E-state index in [1.165, 1.54) is 14.2 Å². The Morgan fingerprint density at radius 3 is 2.50 bits per heavy atom. The van der Waals surface area contributed by atoms with Crippen molar-refractivity contribution in [3.8, 4) is 11.5 Å². The zero-order valence-electron chi connectivity index (χ0n) is 15.4. The molecule has 142 valence electrons. The maximum Gasteiger partial charge on any atom is 0.338 e. The lowest BCUT2D eigenvalue weighted by molar-refractivity contribution is -0.139. The molecular weight excluding hydrogens is 404 g/mol. The second-order valence-corrected chi connectivity index (χ2v) is 6.73. The Balaban J connectivity index is 2.66. The molecule has 2 rings (SSSR count). The van der Waals surface area contributed by atoms with Crippen molar-refractivity contribution < 1.29 is 23.8 Å².